The van der Waals surface area contributed by atoms with Crippen LogP contribution in [0.4, 0.5) is 5.69 Å². The number of aromatic amines is 1. The van der Waals surface area contributed by atoms with E-state index in [0.717, 1.165) is 35.0 Å². The maximum atomic E-state index is 12.2. The summed E-state index contributed by atoms with van der Waals surface area (Å²) in [5.74, 6) is 0. The first-order valence-corrected chi connectivity index (χ1v) is 10.4. The third-order valence-electron chi connectivity index (χ3n) is 5.93. The van der Waals surface area contributed by atoms with Gasteiger partial charge in [-0.1, -0.05) is 37.1 Å². The van der Waals surface area contributed by atoms with Gasteiger partial charge < -0.3 is 14.5 Å². The number of H-pyrrole nitrogens is 1. The Morgan fingerprint density at radius 2 is 1.48 bits per heavy atom. The lowest BCUT2D eigenvalue weighted by molar-refractivity contribution is 0.726. The van der Waals surface area contributed by atoms with Crippen LogP contribution in [0.5, 0.6) is 0 Å². The summed E-state index contributed by atoms with van der Waals surface area (Å²) < 4.78 is 2.19. The summed E-state index contributed by atoms with van der Waals surface area (Å²) in [7, 11) is 0. The van der Waals surface area contributed by atoms with Crippen molar-refractivity contribution in [3.8, 4) is 16.8 Å². The van der Waals surface area contributed by atoms with E-state index in [1.807, 2.05) is 30.5 Å². The van der Waals surface area contributed by atoms with E-state index < -0.39 is 0 Å². The normalized spacial score (nSPS) is 14.8. The van der Waals surface area contributed by atoms with Crippen LogP contribution in [-0.4, -0.2) is 22.6 Å². The predicted molar refractivity (Wildman–Crippen MR) is 120 cm³/mol. The van der Waals surface area contributed by atoms with Crippen LogP contribution in [0.2, 0.25) is 0 Å². The largest absolute Gasteiger partial charge is 0.370 e. The van der Waals surface area contributed by atoms with Crippen LogP contribution in [0, 0.1) is 0 Å². The minimum absolute atomic E-state index is 0.0452. The van der Waals surface area contributed by atoms with Crippen molar-refractivity contribution in [2.24, 2.45) is 0 Å². The number of anilines is 1. The zero-order valence-corrected chi connectivity index (χ0v) is 16.5. The van der Waals surface area contributed by atoms with Crippen molar-refractivity contribution in [2.75, 3.05) is 18.0 Å². The van der Waals surface area contributed by atoms with Gasteiger partial charge in [-0.2, -0.15) is 0 Å². The minimum Gasteiger partial charge on any atom is -0.370 e. The van der Waals surface area contributed by atoms with Gasteiger partial charge in [0, 0.05) is 42.6 Å². The van der Waals surface area contributed by atoms with Crippen molar-refractivity contribution < 1.29 is 0 Å². The average molecular weight is 383 g/mol. The number of rotatable bonds is 3. The monoisotopic (exact) mass is 383 g/mol. The van der Waals surface area contributed by atoms with Gasteiger partial charge in [-0.05, 0) is 54.1 Å². The molecule has 1 N–H and O–H groups in total. The summed E-state index contributed by atoms with van der Waals surface area (Å²) in [5, 5.41) is 1.71. The zero-order valence-electron chi connectivity index (χ0n) is 16.5. The summed E-state index contributed by atoms with van der Waals surface area (Å²) in [6.07, 6.45) is 11.2. The summed E-state index contributed by atoms with van der Waals surface area (Å²) in [4.78, 5) is 17.7. The highest BCUT2D eigenvalue weighted by Gasteiger charge is 2.16. The van der Waals surface area contributed by atoms with Crippen molar-refractivity contribution in [1.29, 1.82) is 0 Å². The van der Waals surface area contributed by atoms with E-state index >= 15 is 0 Å². The fourth-order valence-electron chi connectivity index (χ4n) is 4.42. The third kappa shape index (κ3) is 3.35. The molecule has 0 saturated carbocycles. The zero-order chi connectivity index (χ0) is 19.6. The number of nitrogens with one attached hydrogen (secondary N) is 1. The number of nitrogens with zero attached hydrogens (tertiary/aromatic N) is 2. The molecule has 0 atom stereocenters. The van der Waals surface area contributed by atoms with Crippen LogP contribution in [-0.2, 0) is 0 Å². The number of hydrogen-bond donors (Lipinski definition) is 1. The topological polar surface area (TPSA) is 41.0 Å². The molecule has 29 heavy (non-hydrogen) atoms. The van der Waals surface area contributed by atoms with Gasteiger partial charge in [0.25, 0.3) is 5.56 Å². The molecule has 1 aliphatic heterocycles. The van der Waals surface area contributed by atoms with E-state index in [-0.39, 0.29) is 5.56 Å². The smallest absolute Gasteiger partial charge is 0.255 e. The Balaban J connectivity index is 1.67. The van der Waals surface area contributed by atoms with Crippen LogP contribution in [0.15, 0.2) is 78.0 Å². The molecule has 0 spiro atoms. The molecule has 0 radical (unpaired) electrons. The first-order chi connectivity index (χ1) is 14.3. The highest BCUT2D eigenvalue weighted by Crippen LogP contribution is 2.34. The average Bonchev–Trinajstić information content (AvgIpc) is 3.17. The van der Waals surface area contributed by atoms with E-state index in [9.17, 15) is 4.79 Å². The van der Waals surface area contributed by atoms with Gasteiger partial charge in [-0.15, -0.1) is 0 Å². The maximum Gasteiger partial charge on any atom is 0.255 e. The van der Waals surface area contributed by atoms with Gasteiger partial charge in [-0.3, -0.25) is 4.79 Å². The molecular formula is C25H25N3O. The lowest BCUT2D eigenvalue weighted by Crippen LogP contribution is -2.25. The second kappa shape index (κ2) is 7.63. The summed E-state index contributed by atoms with van der Waals surface area (Å²) in [6.45, 7) is 2.21. The summed E-state index contributed by atoms with van der Waals surface area (Å²) in [5.41, 5.74) is 4.58. The standard InChI is InChI=1S/C25H25N3O/c29-25-21-10-4-3-9-20(21)22(18-26-25)19-11-12-23(27-13-5-1-2-6-14-27)24(17-19)28-15-7-8-16-28/h3-4,7-12,15-18H,1-2,5-6,13-14H2,(H,26,29). The van der Waals surface area contributed by atoms with Gasteiger partial charge in [0.15, 0.2) is 0 Å². The molecule has 1 fully saturated rings. The SMILES string of the molecule is O=c1[nH]cc(-c2ccc(N3CCCCCC3)c(-n3cccc3)c2)c2ccccc12. The maximum absolute atomic E-state index is 12.2. The van der Waals surface area contributed by atoms with Crippen LogP contribution in [0.25, 0.3) is 27.6 Å². The molecular weight excluding hydrogens is 358 g/mol. The van der Waals surface area contributed by atoms with Gasteiger partial charge in [-0.25, -0.2) is 0 Å². The lowest BCUT2D eigenvalue weighted by atomic mass is 9.99. The predicted octanol–water partition coefficient (Wildman–Crippen LogP) is 5.37. The Kier molecular flexibility index (Phi) is 4.68. The molecule has 0 amide bonds. The molecule has 4 heteroatoms. The van der Waals surface area contributed by atoms with E-state index in [1.54, 1.807) is 0 Å². The molecule has 0 bridgehead atoms. The first kappa shape index (κ1) is 17.8. The molecule has 2 aromatic carbocycles. The van der Waals surface area contributed by atoms with E-state index in [2.05, 4.69) is 57.2 Å². The second-order valence-corrected chi connectivity index (χ2v) is 7.77. The van der Waals surface area contributed by atoms with E-state index in [0.29, 0.717) is 0 Å². The number of hydrogen-bond acceptors (Lipinski definition) is 2. The number of benzene rings is 2. The Morgan fingerprint density at radius 3 is 2.24 bits per heavy atom. The highest BCUT2D eigenvalue weighted by molar-refractivity contribution is 5.96. The molecule has 1 aliphatic rings. The fraction of sp³-hybridized carbons (Fsp3) is 0.240. The third-order valence-corrected chi connectivity index (χ3v) is 5.93. The molecule has 2 aromatic heterocycles. The molecule has 4 nitrogen and oxygen atoms in total. The lowest BCUT2D eigenvalue weighted by Gasteiger charge is -2.26. The van der Waals surface area contributed by atoms with Crippen LogP contribution in [0.1, 0.15) is 25.7 Å². The number of pyridine rings is 1. The Labute approximate surface area is 170 Å². The van der Waals surface area contributed by atoms with Gasteiger partial charge >= 0.3 is 0 Å². The molecule has 1 saturated heterocycles. The Morgan fingerprint density at radius 1 is 0.759 bits per heavy atom. The van der Waals surface area contributed by atoms with Crippen molar-refractivity contribution in [3.63, 3.8) is 0 Å². The molecule has 146 valence electrons. The fourth-order valence-corrected chi connectivity index (χ4v) is 4.42. The summed E-state index contributed by atoms with van der Waals surface area (Å²) >= 11 is 0. The van der Waals surface area contributed by atoms with Crippen molar-refractivity contribution in [1.82, 2.24) is 9.55 Å². The van der Waals surface area contributed by atoms with Crippen molar-refractivity contribution >= 4 is 16.5 Å². The Hall–Kier alpha value is -3.27. The van der Waals surface area contributed by atoms with Gasteiger partial charge in [0.2, 0.25) is 0 Å². The van der Waals surface area contributed by atoms with Crippen LogP contribution >= 0.6 is 0 Å². The molecule has 0 aliphatic carbocycles. The van der Waals surface area contributed by atoms with Crippen LogP contribution < -0.4 is 10.5 Å². The van der Waals surface area contributed by atoms with Gasteiger partial charge in [0.05, 0.1) is 11.4 Å². The van der Waals surface area contributed by atoms with Crippen molar-refractivity contribution in [3.05, 3.63) is 83.5 Å². The van der Waals surface area contributed by atoms with Gasteiger partial charge in [0.1, 0.15) is 0 Å². The van der Waals surface area contributed by atoms with Crippen molar-refractivity contribution in [2.45, 2.75) is 25.7 Å². The van der Waals surface area contributed by atoms with Crippen LogP contribution in [0.3, 0.4) is 0 Å². The second-order valence-electron chi connectivity index (χ2n) is 7.77. The number of fused-ring (bicyclic) bond motifs is 1. The highest BCUT2D eigenvalue weighted by atomic mass is 16.1. The molecule has 3 heterocycles. The van der Waals surface area contributed by atoms with E-state index in [4.69, 9.17) is 0 Å². The van der Waals surface area contributed by atoms with E-state index in [1.165, 1.54) is 37.1 Å². The first-order valence-electron chi connectivity index (χ1n) is 10.4. The molecule has 0 unspecified atom stereocenters. The Bertz CT molecular complexity index is 1180. The molecule has 5 rings (SSSR count). The number of aromatic nitrogens is 2. The quantitative estimate of drug-likeness (QED) is 0.517. The summed E-state index contributed by atoms with van der Waals surface area (Å²) in [6, 6.07) is 18.6. The minimum atomic E-state index is -0.0452. The molecule has 4 aromatic rings.